The molecular formula is C16H27N3O2. The summed E-state index contributed by atoms with van der Waals surface area (Å²) in [5, 5.41) is 8.45. The molecule has 1 aromatic heterocycles. The minimum absolute atomic E-state index is 0.188. The summed E-state index contributed by atoms with van der Waals surface area (Å²) in [6.07, 6.45) is 4.71. The van der Waals surface area contributed by atoms with Gasteiger partial charge in [0.25, 0.3) is 0 Å². The first-order valence-corrected chi connectivity index (χ1v) is 7.97. The molecule has 1 aliphatic rings. The molecule has 0 amide bonds. The van der Waals surface area contributed by atoms with E-state index in [0.717, 1.165) is 18.5 Å². The first kappa shape index (κ1) is 16.0. The second-order valence-corrected chi connectivity index (χ2v) is 7.13. The lowest BCUT2D eigenvalue weighted by Gasteiger charge is -2.30. The van der Waals surface area contributed by atoms with Crippen LogP contribution in [0.2, 0.25) is 0 Å². The Morgan fingerprint density at radius 3 is 2.67 bits per heavy atom. The van der Waals surface area contributed by atoms with E-state index < -0.39 is 0 Å². The van der Waals surface area contributed by atoms with Gasteiger partial charge in [-0.2, -0.15) is 0 Å². The summed E-state index contributed by atoms with van der Waals surface area (Å²) in [7, 11) is 0. The van der Waals surface area contributed by atoms with Gasteiger partial charge in [0.2, 0.25) is 0 Å². The number of nitrogens with zero attached hydrogens (tertiary/aromatic N) is 3. The second-order valence-electron chi connectivity index (χ2n) is 7.13. The number of ether oxygens (including phenoxy) is 1. The van der Waals surface area contributed by atoms with E-state index >= 15 is 0 Å². The number of hydrogen-bond acceptors (Lipinski definition) is 4. The summed E-state index contributed by atoms with van der Waals surface area (Å²) >= 11 is 0. The van der Waals surface area contributed by atoms with Crippen LogP contribution in [0.1, 0.15) is 82.5 Å². The number of carbonyl (C=O) groups is 1. The Morgan fingerprint density at radius 1 is 1.38 bits per heavy atom. The van der Waals surface area contributed by atoms with E-state index in [-0.39, 0.29) is 11.4 Å². The molecule has 2 rings (SSSR count). The smallest absolute Gasteiger partial charge is 0.360 e. The maximum Gasteiger partial charge on any atom is 0.360 e. The Morgan fingerprint density at radius 2 is 2.10 bits per heavy atom. The summed E-state index contributed by atoms with van der Waals surface area (Å²) in [5.41, 5.74) is 1.09. The van der Waals surface area contributed by atoms with Gasteiger partial charge in [0.1, 0.15) is 0 Å². The summed E-state index contributed by atoms with van der Waals surface area (Å²) in [4.78, 5) is 12.1. The van der Waals surface area contributed by atoms with E-state index in [1.54, 1.807) is 0 Å². The molecule has 21 heavy (non-hydrogen) atoms. The molecule has 0 spiro atoms. The van der Waals surface area contributed by atoms with Crippen LogP contribution in [0, 0.1) is 5.92 Å². The van der Waals surface area contributed by atoms with Crippen molar-refractivity contribution in [3.63, 3.8) is 0 Å². The number of esters is 1. The van der Waals surface area contributed by atoms with Crippen LogP contribution >= 0.6 is 0 Å². The monoisotopic (exact) mass is 293 g/mol. The Balaban J connectivity index is 2.39. The molecule has 0 radical (unpaired) electrons. The predicted octanol–water partition coefficient (Wildman–Crippen LogP) is 3.50. The maximum atomic E-state index is 12.1. The Labute approximate surface area is 127 Å². The van der Waals surface area contributed by atoms with Crippen LogP contribution in [0.5, 0.6) is 0 Å². The van der Waals surface area contributed by atoms with Crippen molar-refractivity contribution in [1.29, 1.82) is 0 Å². The fourth-order valence-corrected chi connectivity index (χ4v) is 3.21. The summed E-state index contributed by atoms with van der Waals surface area (Å²) < 4.78 is 7.12. The molecule has 0 N–H and O–H groups in total. The van der Waals surface area contributed by atoms with Gasteiger partial charge >= 0.3 is 5.97 Å². The lowest BCUT2D eigenvalue weighted by atomic mass is 9.85. The molecule has 5 nitrogen and oxygen atoms in total. The number of aromatic nitrogens is 3. The third-order valence-electron chi connectivity index (χ3n) is 4.13. The van der Waals surface area contributed by atoms with Crippen molar-refractivity contribution >= 4 is 5.97 Å². The van der Waals surface area contributed by atoms with Crippen molar-refractivity contribution in [2.75, 3.05) is 6.61 Å². The van der Waals surface area contributed by atoms with E-state index in [9.17, 15) is 4.79 Å². The van der Waals surface area contributed by atoms with Gasteiger partial charge in [-0.05, 0) is 25.7 Å². The molecule has 118 valence electrons. The first-order valence-electron chi connectivity index (χ1n) is 7.97. The van der Waals surface area contributed by atoms with Crippen molar-refractivity contribution in [1.82, 2.24) is 15.0 Å². The fraction of sp³-hybridized carbons (Fsp3) is 0.812. The van der Waals surface area contributed by atoms with E-state index in [4.69, 9.17) is 4.74 Å². The van der Waals surface area contributed by atoms with Gasteiger partial charge in [-0.1, -0.05) is 45.7 Å². The largest absolute Gasteiger partial charge is 0.461 e. The van der Waals surface area contributed by atoms with Gasteiger partial charge in [0.15, 0.2) is 5.69 Å². The molecule has 5 heteroatoms. The third-order valence-corrected chi connectivity index (χ3v) is 4.13. The van der Waals surface area contributed by atoms with Crippen LogP contribution in [-0.2, 0) is 10.2 Å². The molecule has 0 aromatic carbocycles. The van der Waals surface area contributed by atoms with E-state index in [1.807, 2.05) is 11.6 Å². The number of hydrogen-bond donors (Lipinski definition) is 0. The van der Waals surface area contributed by atoms with E-state index in [0.29, 0.717) is 24.3 Å². The summed E-state index contributed by atoms with van der Waals surface area (Å²) in [5.74, 6) is 0.337. The molecule has 1 fully saturated rings. The van der Waals surface area contributed by atoms with Gasteiger partial charge in [-0.25, -0.2) is 9.48 Å². The fourth-order valence-electron chi connectivity index (χ4n) is 3.21. The SMILES string of the molecule is CCOC(=O)c1nnn(C2CCCC(C)C2)c1C(C)(C)C. The summed E-state index contributed by atoms with van der Waals surface area (Å²) in [6, 6.07) is 0.346. The molecule has 0 saturated heterocycles. The molecule has 1 heterocycles. The summed E-state index contributed by atoms with van der Waals surface area (Å²) in [6.45, 7) is 10.7. The molecule has 1 saturated carbocycles. The first-order chi connectivity index (χ1) is 9.84. The Kier molecular flexibility index (Phi) is 4.69. The van der Waals surface area contributed by atoms with Crippen LogP contribution < -0.4 is 0 Å². The van der Waals surface area contributed by atoms with Crippen LogP contribution in [0.3, 0.4) is 0 Å². The zero-order chi connectivity index (χ0) is 15.6. The molecule has 2 unspecified atom stereocenters. The average Bonchev–Trinajstić information content (AvgIpc) is 2.83. The third kappa shape index (κ3) is 3.44. The van der Waals surface area contributed by atoms with Crippen molar-refractivity contribution in [3.05, 3.63) is 11.4 Å². The van der Waals surface area contributed by atoms with Crippen molar-refractivity contribution in [2.24, 2.45) is 5.92 Å². The zero-order valence-corrected chi connectivity index (χ0v) is 13.8. The highest BCUT2D eigenvalue weighted by atomic mass is 16.5. The minimum atomic E-state index is -0.363. The topological polar surface area (TPSA) is 57.0 Å². The lowest BCUT2D eigenvalue weighted by molar-refractivity contribution is 0.0516. The van der Waals surface area contributed by atoms with E-state index in [2.05, 4.69) is 38.0 Å². The van der Waals surface area contributed by atoms with Crippen LogP contribution in [0.4, 0.5) is 0 Å². The van der Waals surface area contributed by atoms with Crippen molar-refractivity contribution < 1.29 is 9.53 Å². The highest BCUT2D eigenvalue weighted by Crippen LogP contribution is 2.35. The normalized spacial score (nSPS) is 23.1. The maximum absolute atomic E-state index is 12.1. The second kappa shape index (κ2) is 6.16. The molecule has 2 atom stereocenters. The highest BCUT2D eigenvalue weighted by Gasteiger charge is 2.33. The van der Waals surface area contributed by atoms with Crippen molar-refractivity contribution in [2.45, 2.75) is 71.8 Å². The van der Waals surface area contributed by atoms with Crippen LogP contribution in [0.25, 0.3) is 0 Å². The lowest BCUT2D eigenvalue weighted by Crippen LogP contribution is -2.27. The standard InChI is InChI=1S/C16H27N3O2/c1-6-21-15(20)13-14(16(3,4)5)19(18-17-13)12-9-7-8-11(2)10-12/h11-12H,6-10H2,1-5H3. The zero-order valence-electron chi connectivity index (χ0n) is 13.8. The van der Waals surface area contributed by atoms with Gasteiger partial charge in [-0.3, -0.25) is 0 Å². The van der Waals surface area contributed by atoms with Gasteiger partial charge in [0, 0.05) is 5.41 Å². The highest BCUT2D eigenvalue weighted by molar-refractivity contribution is 5.88. The minimum Gasteiger partial charge on any atom is -0.461 e. The van der Waals surface area contributed by atoms with Gasteiger partial charge in [-0.15, -0.1) is 5.10 Å². The molecule has 1 aromatic rings. The molecule has 1 aliphatic carbocycles. The van der Waals surface area contributed by atoms with Crippen molar-refractivity contribution in [3.8, 4) is 0 Å². The average molecular weight is 293 g/mol. The van der Waals surface area contributed by atoms with Gasteiger partial charge in [0.05, 0.1) is 18.3 Å². The molecule has 0 bridgehead atoms. The van der Waals surface area contributed by atoms with Crippen LogP contribution in [0.15, 0.2) is 0 Å². The van der Waals surface area contributed by atoms with E-state index in [1.165, 1.54) is 12.8 Å². The van der Waals surface area contributed by atoms with Gasteiger partial charge < -0.3 is 4.74 Å². The Hall–Kier alpha value is -1.39. The Bertz CT molecular complexity index is 502. The predicted molar refractivity (Wildman–Crippen MR) is 81.3 cm³/mol. The van der Waals surface area contributed by atoms with Crippen LogP contribution in [-0.4, -0.2) is 27.6 Å². The number of rotatable bonds is 3. The molecular weight excluding hydrogens is 266 g/mol. The quantitative estimate of drug-likeness (QED) is 0.800. The molecule has 0 aliphatic heterocycles. The number of carbonyl (C=O) groups excluding carboxylic acids is 1.